The lowest BCUT2D eigenvalue weighted by molar-refractivity contribution is -0.310. The number of carbonyl (C=O) groups excluding carboxylic acids is 1. The first-order valence-corrected chi connectivity index (χ1v) is 1.85. The van der Waals surface area contributed by atoms with Crippen LogP contribution in [0.2, 0.25) is 0 Å². The molecule has 0 saturated heterocycles. The second kappa shape index (κ2) is 1.80. The zero-order valence-corrected chi connectivity index (χ0v) is 3.89. The van der Waals surface area contributed by atoms with Crippen LogP contribution in [0.15, 0.2) is 0 Å². The summed E-state index contributed by atoms with van der Waals surface area (Å²) in [6.07, 6.45) is 0. The van der Waals surface area contributed by atoms with Crippen LogP contribution < -0.4 is 5.11 Å². The van der Waals surface area contributed by atoms with Gasteiger partial charge >= 0.3 is 0 Å². The van der Waals surface area contributed by atoms with Crippen LogP contribution in [0.3, 0.4) is 0 Å². The highest BCUT2D eigenvalue weighted by molar-refractivity contribution is 5.66. The van der Waals surface area contributed by atoms with Crippen LogP contribution in [-0.4, -0.2) is 5.97 Å². The number of rotatable bonds is 1. The summed E-state index contributed by atoms with van der Waals surface area (Å²) in [6, 6.07) is 0. The van der Waals surface area contributed by atoms with Gasteiger partial charge in [-0.1, -0.05) is 13.8 Å². The summed E-state index contributed by atoms with van der Waals surface area (Å²) in [5, 5.41) is 9.59. The lowest BCUT2D eigenvalue weighted by Gasteiger charge is -2.01. The first-order valence-electron chi connectivity index (χ1n) is 1.85. The third-order valence-electron chi connectivity index (χ3n) is 0.471. The molecule has 0 aliphatic carbocycles. The molecule has 0 N–H and O–H groups in total. The van der Waals surface area contributed by atoms with Gasteiger partial charge in [0, 0.05) is 5.97 Å². The van der Waals surface area contributed by atoms with E-state index in [0.29, 0.717) is 0 Å². The fourth-order valence-corrected chi connectivity index (χ4v) is 0. The van der Waals surface area contributed by atoms with Crippen molar-refractivity contribution >= 4 is 5.97 Å². The van der Waals surface area contributed by atoms with Gasteiger partial charge in [0.15, 0.2) is 0 Å². The number of carboxylic acids is 1. The molecular formula is C4H7O2-. The van der Waals surface area contributed by atoms with Crippen molar-refractivity contribution in [1.82, 2.24) is 0 Å². The van der Waals surface area contributed by atoms with Crippen LogP contribution in [0.1, 0.15) is 13.8 Å². The van der Waals surface area contributed by atoms with E-state index in [1.807, 2.05) is 0 Å². The van der Waals surface area contributed by atoms with Crippen LogP contribution in [0.4, 0.5) is 0 Å². The molecule has 0 rings (SSSR count). The monoisotopic (exact) mass is 91.1 g/mol. The molecular weight excluding hydrogens is 84.0 g/mol. The number of carboxylic acid groups (broad SMARTS) is 1. The van der Waals surface area contributed by atoms with Gasteiger partial charge in [-0.15, -0.1) is 0 Å². The summed E-state index contributed by atoms with van der Waals surface area (Å²) in [6.45, 7) is 3.16. The lowest BCUT2D eigenvalue weighted by Crippen LogP contribution is -2.27. The Morgan fingerprint density at radius 3 is 1.83 bits per heavy atom. The molecule has 0 aliphatic rings. The van der Waals surface area contributed by atoms with E-state index >= 15 is 0 Å². The minimum absolute atomic E-state index is 0.343. The van der Waals surface area contributed by atoms with Crippen molar-refractivity contribution in [3.8, 4) is 0 Å². The van der Waals surface area contributed by atoms with E-state index in [1.165, 1.54) is 0 Å². The second-order valence-electron chi connectivity index (χ2n) is 1.47. The van der Waals surface area contributed by atoms with Gasteiger partial charge in [-0.25, -0.2) is 0 Å². The van der Waals surface area contributed by atoms with Gasteiger partial charge in [-0.2, -0.15) is 0 Å². The molecule has 0 saturated carbocycles. The van der Waals surface area contributed by atoms with Crippen LogP contribution in [-0.2, 0) is 4.79 Å². The first kappa shape index (κ1) is 5.47. The molecule has 0 aromatic heterocycles. The molecule has 0 aromatic rings. The molecule has 0 unspecified atom stereocenters. The van der Waals surface area contributed by atoms with Crippen LogP contribution in [0.25, 0.3) is 0 Å². The third kappa shape index (κ3) is 1.76. The molecule has 0 fully saturated rings. The summed E-state index contributed by atoms with van der Waals surface area (Å²) in [4.78, 5) is 9.59. The predicted octanol–water partition coefficient (Wildman–Crippen LogP) is -0.608. The highest BCUT2D eigenvalue weighted by Crippen LogP contribution is 1.83. The smallest absolute Gasteiger partial charge is 0.0439 e. The molecule has 0 bridgehead atoms. The maximum Gasteiger partial charge on any atom is 0.0439 e. The quantitative estimate of drug-likeness (QED) is 0.404. The van der Waals surface area contributed by atoms with Crippen molar-refractivity contribution in [2.75, 3.05) is 0 Å². The van der Waals surface area contributed by atoms with Crippen molar-refractivity contribution in [2.45, 2.75) is 13.8 Å². The van der Waals surface area contributed by atoms with E-state index in [-0.39, 0.29) is 5.92 Å². The summed E-state index contributed by atoms with van der Waals surface area (Å²) in [5.41, 5.74) is 0. The molecule has 0 aliphatic heterocycles. The van der Waals surface area contributed by atoms with Crippen molar-refractivity contribution in [1.29, 1.82) is 0 Å². The van der Waals surface area contributed by atoms with E-state index in [0.717, 1.165) is 0 Å². The highest BCUT2D eigenvalue weighted by Gasteiger charge is 1.87. The number of hydrogen-bond donors (Lipinski definition) is 0. The normalized spacial score (nSPS) is 9.17. The summed E-state index contributed by atoms with van der Waals surface area (Å²) in [5.74, 6) is -1.33. The lowest BCUT2D eigenvalue weighted by atomic mass is 10.2. The molecule has 36 valence electrons. The van der Waals surface area contributed by atoms with E-state index < -0.39 is 5.97 Å². The Hall–Kier alpha value is -0.530. The predicted molar refractivity (Wildman–Crippen MR) is 19.8 cm³/mol. The Morgan fingerprint density at radius 2 is 1.83 bits per heavy atom. The van der Waals surface area contributed by atoms with Crippen molar-refractivity contribution in [2.24, 2.45) is 5.92 Å². The topological polar surface area (TPSA) is 40.1 Å². The molecule has 0 aromatic carbocycles. The van der Waals surface area contributed by atoms with Gasteiger partial charge in [0.2, 0.25) is 0 Å². The average Bonchev–Trinajstić information content (AvgIpc) is 1.36. The zero-order valence-electron chi connectivity index (χ0n) is 3.89. The Bertz CT molecular complexity index is 56.6. The van der Waals surface area contributed by atoms with Gasteiger partial charge < -0.3 is 9.90 Å². The summed E-state index contributed by atoms with van der Waals surface area (Å²) in [7, 11) is 0. The second-order valence-corrected chi connectivity index (χ2v) is 1.47. The molecule has 6 heavy (non-hydrogen) atoms. The van der Waals surface area contributed by atoms with Gasteiger partial charge in [0.1, 0.15) is 0 Å². The van der Waals surface area contributed by atoms with Gasteiger partial charge in [-0.05, 0) is 5.92 Å². The molecule has 0 radical (unpaired) electrons. The maximum atomic E-state index is 9.59. The van der Waals surface area contributed by atoms with Crippen LogP contribution in [0.5, 0.6) is 0 Å². The largest absolute Gasteiger partial charge is 0.550 e. The average molecular weight is 91.1 g/mol. The molecule has 0 amide bonds. The summed E-state index contributed by atoms with van der Waals surface area (Å²) >= 11 is 0. The van der Waals surface area contributed by atoms with Crippen molar-refractivity contribution in [3.05, 3.63) is 0 Å². The number of aliphatic carboxylic acids is 1. The SMILES string of the molecule is CC(C)C(=[18O])[18O-]. The molecule has 2 nitrogen and oxygen atoms in total. The van der Waals surface area contributed by atoms with Crippen molar-refractivity contribution < 1.29 is 9.90 Å². The van der Waals surface area contributed by atoms with E-state index in [2.05, 4.69) is 0 Å². The van der Waals surface area contributed by atoms with Gasteiger partial charge in [0.05, 0.1) is 0 Å². The maximum absolute atomic E-state index is 9.59. The Balaban J connectivity index is 3.26. The minimum atomic E-state index is -0.991. The fourth-order valence-electron chi connectivity index (χ4n) is 0. The molecule has 0 spiro atoms. The standard InChI is InChI=1S/C4H8O2/c1-3(2)4(5)6/h3H,1-2H3,(H,5,6)/p-1/i5+2,6+2. The van der Waals surface area contributed by atoms with Gasteiger partial charge in [0.25, 0.3) is 0 Å². The molecule has 0 heterocycles. The third-order valence-corrected chi connectivity index (χ3v) is 0.471. The van der Waals surface area contributed by atoms with E-state index in [4.69, 9.17) is 0 Å². The van der Waals surface area contributed by atoms with E-state index in [1.54, 1.807) is 13.8 Å². The highest BCUT2D eigenvalue weighted by atomic mass is 18.2. The Morgan fingerprint density at radius 1 is 1.67 bits per heavy atom. The van der Waals surface area contributed by atoms with Crippen molar-refractivity contribution in [3.63, 3.8) is 0 Å². The Labute approximate surface area is 36.8 Å². The number of carbonyl (C=O) groups is 1. The summed E-state index contributed by atoms with van der Waals surface area (Å²) < 4.78 is 0. The van der Waals surface area contributed by atoms with Crippen LogP contribution in [0, 0.1) is 5.92 Å². The Kier molecular flexibility index (Phi) is 1.64. The molecule has 0 atom stereocenters. The number of hydrogen-bond acceptors (Lipinski definition) is 2. The fraction of sp³-hybridized carbons (Fsp3) is 0.750. The zero-order chi connectivity index (χ0) is 5.15. The molecule has 2 heteroatoms. The van der Waals surface area contributed by atoms with Gasteiger partial charge in [-0.3, -0.25) is 0 Å². The van der Waals surface area contributed by atoms with Crippen LogP contribution >= 0.6 is 0 Å². The minimum Gasteiger partial charge on any atom is -0.550 e. The van der Waals surface area contributed by atoms with E-state index in [9.17, 15) is 9.90 Å². The first-order chi connectivity index (χ1) is 2.64.